The minimum atomic E-state index is -0.0294. The molecule has 0 aliphatic heterocycles. The van der Waals surface area contributed by atoms with Gasteiger partial charge in [0.2, 0.25) is 0 Å². The normalized spacial score (nSPS) is 13.7. The molecule has 0 saturated heterocycles. The first-order valence-corrected chi connectivity index (χ1v) is 6.08. The zero-order valence-electron chi connectivity index (χ0n) is 11.4. The summed E-state index contributed by atoms with van der Waals surface area (Å²) >= 11 is 0. The Kier molecular flexibility index (Phi) is 4.46. The van der Waals surface area contributed by atoms with Crippen molar-refractivity contribution in [1.82, 2.24) is 15.1 Å². The van der Waals surface area contributed by atoms with Crippen molar-refractivity contribution in [3.8, 4) is 0 Å². The quantitative estimate of drug-likeness (QED) is 0.864. The lowest BCUT2D eigenvalue weighted by molar-refractivity contribution is 0.346. The van der Waals surface area contributed by atoms with E-state index >= 15 is 0 Å². The third-order valence-electron chi connectivity index (χ3n) is 2.47. The number of aromatic nitrogens is 2. The van der Waals surface area contributed by atoms with Crippen LogP contribution in [-0.4, -0.2) is 21.9 Å². The molecule has 0 aliphatic carbocycles. The first kappa shape index (κ1) is 13.9. The van der Waals surface area contributed by atoms with Gasteiger partial charge < -0.3 is 5.32 Å². The van der Waals surface area contributed by atoms with Gasteiger partial charge in [0.1, 0.15) is 0 Å². The van der Waals surface area contributed by atoms with Crippen LogP contribution in [0.1, 0.15) is 33.4 Å². The van der Waals surface area contributed by atoms with Crippen molar-refractivity contribution in [2.45, 2.75) is 46.7 Å². The van der Waals surface area contributed by atoms with Gasteiger partial charge >= 0.3 is 0 Å². The topological polar surface area (TPSA) is 46.9 Å². The van der Waals surface area contributed by atoms with Crippen molar-refractivity contribution >= 4 is 0 Å². The van der Waals surface area contributed by atoms with E-state index in [4.69, 9.17) is 0 Å². The van der Waals surface area contributed by atoms with Gasteiger partial charge in [0.25, 0.3) is 5.56 Å². The maximum Gasteiger partial charge on any atom is 0.266 e. The number of nitrogens with one attached hydrogen (secondary N) is 1. The summed E-state index contributed by atoms with van der Waals surface area (Å²) in [6.07, 6.45) is 0. The maximum atomic E-state index is 11.6. The van der Waals surface area contributed by atoms with E-state index in [1.165, 1.54) is 0 Å². The van der Waals surface area contributed by atoms with Crippen LogP contribution >= 0.6 is 0 Å². The lowest BCUT2D eigenvalue weighted by Gasteiger charge is -2.23. The van der Waals surface area contributed by atoms with Crippen molar-refractivity contribution < 1.29 is 0 Å². The van der Waals surface area contributed by atoms with Gasteiger partial charge in [-0.15, -0.1) is 0 Å². The van der Waals surface area contributed by atoms with Gasteiger partial charge in [-0.25, -0.2) is 4.68 Å². The van der Waals surface area contributed by atoms with Crippen LogP contribution < -0.4 is 10.9 Å². The predicted octanol–water partition coefficient (Wildman–Crippen LogP) is 1.58. The minimum Gasteiger partial charge on any atom is -0.312 e. The van der Waals surface area contributed by atoms with Crippen LogP contribution in [-0.2, 0) is 6.54 Å². The molecular weight excluding hydrogens is 214 g/mol. The molecule has 1 rings (SSSR count). The molecular formula is C13H23N3O. The molecule has 0 fully saturated rings. The van der Waals surface area contributed by atoms with Gasteiger partial charge in [0.05, 0.1) is 5.69 Å². The summed E-state index contributed by atoms with van der Waals surface area (Å²) in [5.41, 5.74) is 0.956. The van der Waals surface area contributed by atoms with Crippen LogP contribution in [0.25, 0.3) is 0 Å². The van der Waals surface area contributed by atoms with Gasteiger partial charge in [-0.3, -0.25) is 4.79 Å². The van der Waals surface area contributed by atoms with E-state index in [1.807, 2.05) is 6.92 Å². The molecule has 4 heteroatoms. The van der Waals surface area contributed by atoms with E-state index in [0.717, 1.165) is 12.2 Å². The molecule has 4 nitrogen and oxygen atoms in total. The van der Waals surface area contributed by atoms with E-state index in [9.17, 15) is 4.79 Å². The third kappa shape index (κ3) is 5.13. The highest BCUT2D eigenvalue weighted by molar-refractivity contribution is 4.97. The second-order valence-electron chi connectivity index (χ2n) is 5.73. The summed E-state index contributed by atoms with van der Waals surface area (Å²) < 4.78 is 1.55. The molecule has 1 aromatic heterocycles. The highest BCUT2D eigenvalue weighted by atomic mass is 16.1. The first-order chi connectivity index (χ1) is 7.78. The number of hydrogen-bond donors (Lipinski definition) is 1. The highest BCUT2D eigenvalue weighted by Crippen LogP contribution is 2.02. The number of aryl methyl sites for hydroxylation is 1. The molecule has 0 radical (unpaired) electrons. The summed E-state index contributed by atoms with van der Waals surface area (Å²) in [6, 6.07) is 3.32. The Morgan fingerprint density at radius 3 is 2.65 bits per heavy atom. The Labute approximate surface area is 103 Å². The van der Waals surface area contributed by atoms with E-state index in [2.05, 4.69) is 38.1 Å². The van der Waals surface area contributed by atoms with Gasteiger partial charge in [0.15, 0.2) is 0 Å². The monoisotopic (exact) mass is 237 g/mol. The van der Waals surface area contributed by atoms with E-state index in [0.29, 0.717) is 12.5 Å². The lowest BCUT2D eigenvalue weighted by Crippen LogP contribution is -2.40. The van der Waals surface area contributed by atoms with Gasteiger partial charge in [0, 0.05) is 18.2 Å². The summed E-state index contributed by atoms with van der Waals surface area (Å²) in [5, 5.41) is 7.67. The third-order valence-corrected chi connectivity index (χ3v) is 2.47. The molecule has 0 aliphatic rings. The van der Waals surface area contributed by atoms with Crippen molar-refractivity contribution in [2.75, 3.05) is 6.54 Å². The van der Waals surface area contributed by atoms with Gasteiger partial charge in [-0.2, -0.15) is 5.10 Å². The molecule has 1 unspecified atom stereocenters. The minimum absolute atomic E-state index is 0.0294. The van der Waals surface area contributed by atoms with Crippen LogP contribution in [0.15, 0.2) is 16.9 Å². The molecule has 17 heavy (non-hydrogen) atoms. The molecule has 0 amide bonds. The summed E-state index contributed by atoms with van der Waals surface area (Å²) in [6.45, 7) is 12.0. The average molecular weight is 237 g/mol. The fourth-order valence-electron chi connectivity index (χ4n) is 1.52. The molecule has 1 atom stereocenters. The summed E-state index contributed by atoms with van der Waals surface area (Å²) in [5.74, 6) is 0.376. The maximum absolute atomic E-state index is 11.6. The van der Waals surface area contributed by atoms with E-state index in [-0.39, 0.29) is 11.1 Å². The van der Waals surface area contributed by atoms with Gasteiger partial charge in [-0.1, -0.05) is 6.92 Å². The van der Waals surface area contributed by atoms with Crippen LogP contribution in [0.4, 0.5) is 0 Å². The van der Waals surface area contributed by atoms with Crippen LogP contribution in [0.2, 0.25) is 0 Å². The fourth-order valence-corrected chi connectivity index (χ4v) is 1.52. The fraction of sp³-hybridized carbons (Fsp3) is 0.692. The van der Waals surface area contributed by atoms with E-state index in [1.54, 1.807) is 16.8 Å². The Balaban J connectivity index is 2.59. The molecule has 1 aromatic rings. The molecule has 0 aromatic carbocycles. The second-order valence-corrected chi connectivity index (χ2v) is 5.73. The highest BCUT2D eigenvalue weighted by Gasteiger charge is 2.12. The molecule has 0 bridgehead atoms. The SMILES string of the molecule is Cc1ccc(=O)n(CC(C)CNC(C)(C)C)n1. The average Bonchev–Trinajstić information content (AvgIpc) is 2.20. The number of hydrogen-bond acceptors (Lipinski definition) is 3. The lowest BCUT2D eigenvalue weighted by atomic mass is 10.1. The zero-order valence-corrected chi connectivity index (χ0v) is 11.4. The Morgan fingerprint density at radius 1 is 1.41 bits per heavy atom. The first-order valence-electron chi connectivity index (χ1n) is 6.08. The van der Waals surface area contributed by atoms with Crippen LogP contribution in [0.5, 0.6) is 0 Å². The predicted molar refractivity (Wildman–Crippen MR) is 70.2 cm³/mol. The number of rotatable bonds is 4. The molecule has 1 heterocycles. The molecule has 1 N–H and O–H groups in total. The number of nitrogens with zero attached hydrogens (tertiary/aromatic N) is 2. The second kappa shape index (κ2) is 5.45. The van der Waals surface area contributed by atoms with Crippen molar-refractivity contribution in [2.24, 2.45) is 5.92 Å². The van der Waals surface area contributed by atoms with Gasteiger partial charge in [-0.05, 0) is 46.2 Å². The standard InChI is InChI=1S/C13H23N3O/c1-10(8-14-13(3,4)5)9-16-12(17)7-6-11(2)15-16/h6-7,10,14H,8-9H2,1-5H3. The Hall–Kier alpha value is -1.16. The Bertz CT molecular complexity index is 417. The van der Waals surface area contributed by atoms with Crippen molar-refractivity contribution in [3.63, 3.8) is 0 Å². The molecule has 0 spiro atoms. The summed E-state index contributed by atoms with van der Waals surface area (Å²) in [4.78, 5) is 11.6. The van der Waals surface area contributed by atoms with E-state index < -0.39 is 0 Å². The van der Waals surface area contributed by atoms with Crippen LogP contribution in [0.3, 0.4) is 0 Å². The van der Waals surface area contributed by atoms with Crippen molar-refractivity contribution in [3.05, 3.63) is 28.2 Å². The van der Waals surface area contributed by atoms with Crippen LogP contribution in [0, 0.1) is 12.8 Å². The zero-order chi connectivity index (χ0) is 13.1. The van der Waals surface area contributed by atoms with Crippen molar-refractivity contribution in [1.29, 1.82) is 0 Å². The molecule has 0 saturated carbocycles. The smallest absolute Gasteiger partial charge is 0.266 e. The largest absolute Gasteiger partial charge is 0.312 e. The summed E-state index contributed by atoms with van der Waals surface area (Å²) in [7, 11) is 0. The Morgan fingerprint density at radius 2 is 2.06 bits per heavy atom. The molecule has 96 valence electrons.